The van der Waals surface area contributed by atoms with E-state index < -0.39 is 5.97 Å². The van der Waals surface area contributed by atoms with E-state index in [4.69, 9.17) is 4.74 Å². The molecule has 2 aliphatic rings. The van der Waals surface area contributed by atoms with Crippen molar-refractivity contribution in [2.75, 3.05) is 18.0 Å². The Labute approximate surface area is 112 Å². The number of morpholine rings is 1. The molecule has 0 saturated carbocycles. The molecule has 5 nitrogen and oxygen atoms in total. The van der Waals surface area contributed by atoms with Gasteiger partial charge < -0.3 is 14.7 Å². The molecule has 2 saturated heterocycles. The molecule has 2 atom stereocenters. The second-order valence-corrected chi connectivity index (χ2v) is 5.45. The fourth-order valence-electron chi connectivity index (χ4n) is 3.10. The number of carboxylic acids is 1. The smallest absolute Gasteiger partial charge is 0.339 e. The molecule has 0 radical (unpaired) electrons. The Hall–Kier alpha value is -1.62. The number of pyridine rings is 1. The van der Waals surface area contributed by atoms with Crippen molar-refractivity contribution in [3.05, 3.63) is 22.9 Å². The van der Waals surface area contributed by atoms with Gasteiger partial charge in [0.2, 0.25) is 0 Å². The minimum Gasteiger partial charge on any atom is -0.478 e. The van der Waals surface area contributed by atoms with Crippen molar-refractivity contribution in [1.82, 2.24) is 4.98 Å². The molecule has 1 aromatic heterocycles. The number of carbonyl (C=O) groups is 1. The maximum absolute atomic E-state index is 11.5. The molecule has 1 aromatic rings. The summed E-state index contributed by atoms with van der Waals surface area (Å²) in [7, 11) is 0. The lowest BCUT2D eigenvalue weighted by Crippen LogP contribution is -2.43. The highest BCUT2D eigenvalue weighted by Crippen LogP contribution is 2.31. The van der Waals surface area contributed by atoms with Gasteiger partial charge in [0.25, 0.3) is 0 Å². The SMILES string of the molecule is Cc1cc(C)c(C(=O)O)c(N2CC3CCC(C2)O3)n1. The summed E-state index contributed by atoms with van der Waals surface area (Å²) >= 11 is 0. The first-order valence-corrected chi connectivity index (χ1v) is 6.66. The summed E-state index contributed by atoms with van der Waals surface area (Å²) in [4.78, 5) is 18.0. The van der Waals surface area contributed by atoms with Crippen LogP contribution in [0.3, 0.4) is 0 Å². The van der Waals surface area contributed by atoms with Crippen molar-refractivity contribution in [2.24, 2.45) is 0 Å². The number of hydrogen-bond acceptors (Lipinski definition) is 4. The zero-order chi connectivity index (χ0) is 13.6. The van der Waals surface area contributed by atoms with Crippen LogP contribution in [-0.2, 0) is 4.74 Å². The number of rotatable bonds is 2. The van der Waals surface area contributed by atoms with E-state index in [-0.39, 0.29) is 12.2 Å². The Kier molecular flexibility index (Phi) is 2.93. The molecule has 0 amide bonds. The molecule has 2 aliphatic heterocycles. The standard InChI is InChI=1S/C14H18N2O3/c1-8-5-9(2)15-13(12(8)14(17)18)16-6-10-3-4-11(7-16)19-10/h5,10-11H,3-4,6-7H2,1-2H3,(H,17,18). The van der Waals surface area contributed by atoms with E-state index in [9.17, 15) is 9.90 Å². The first-order chi connectivity index (χ1) is 9.04. The molecular weight excluding hydrogens is 244 g/mol. The lowest BCUT2D eigenvalue weighted by molar-refractivity contribution is 0.0300. The molecule has 102 valence electrons. The Bertz CT molecular complexity index is 518. The zero-order valence-corrected chi connectivity index (χ0v) is 11.2. The lowest BCUT2D eigenvalue weighted by atomic mass is 10.1. The van der Waals surface area contributed by atoms with Crippen molar-refractivity contribution in [1.29, 1.82) is 0 Å². The normalized spacial score (nSPS) is 25.7. The number of fused-ring (bicyclic) bond motifs is 2. The van der Waals surface area contributed by atoms with Gasteiger partial charge in [0, 0.05) is 18.8 Å². The summed E-state index contributed by atoms with van der Waals surface area (Å²) in [6, 6.07) is 1.82. The summed E-state index contributed by atoms with van der Waals surface area (Å²) in [5.41, 5.74) is 1.96. The van der Waals surface area contributed by atoms with Crippen molar-refractivity contribution in [3.63, 3.8) is 0 Å². The quantitative estimate of drug-likeness (QED) is 0.880. The van der Waals surface area contributed by atoms with Crippen molar-refractivity contribution in [3.8, 4) is 0 Å². The summed E-state index contributed by atoms with van der Waals surface area (Å²) < 4.78 is 5.79. The predicted octanol–water partition coefficient (Wildman–Crippen LogP) is 1.76. The van der Waals surface area contributed by atoms with E-state index in [1.54, 1.807) is 0 Å². The average molecular weight is 262 g/mol. The number of hydrogen-bond donors (Lipinski definition) is 1. The fourth-order valence-corrected chi connectivity index (χ4v) is 3.10. The molecule has 3 rings (SSSR count). The lowest BCUT2D eigenvalue weighted by Gasteiger charge is -2.34. The van der Waals surface area contributed by atoms with Crippen molar-refractivity contribution in [2.45, 2.75) is 38.9 Å². The first-order valence-electron chi connectivity index (χ1n) is 6.66. The summed E-state index contributed by atoms with van der Waals surface area (Å²) in [6.45, 7) is 5.22. The number of ether oxygens (including phenoxy) is 1. The fraction of sp³-hybridized carbons (Fsp3) is 0.571. The van der Waals surface area contributed by atoms with Gasteiger partial charge in [-0.3, -0.25) is 0 Å². The van der Waals surface area contributed by atoms with Crippen LogP contribution in [0.25, 0.3) is 0 Å². The van der Waals surface area contributed by atoms with Gasteiger partial charge >= 0.3 is 5.97 Å². The maximum atomic E-state index is 11.5. The van der Waals surface area contributed by atoms with Gasteiger partial charge in [0.15, 0.2) is 0 Å². The van der Waals surface area contributed by atoms with Gasteiger partial charge in [0.05, 0.1) is 12.2 Å². The van der Waals surface area contributed by atoms with E-state index in [0.717, 1.165) is 37.2 Å². The highest BCUT2D eigenvalue weighted by atomic mass is 16.5. The predicted molar refractivity (Wildman–Crippen MR) is 70.8 cm³/mol. The van der Waals surface area contributed by atoms with Crippen molar-refractivity contribution < 1.29 is 14.6 Å². The molecule has 2 bridgehead atoms. The van der Waals surface area contributed by atoms with Crippen LogP contribution in [-0.4, -0.2) is 41.4 Å². The number of aromatic carboxylic acids is 1. The average Bonchev–Trinajstić information content (AvgIpc) is 2.66. The number of nitrogens with zero attached hydrogens (tertiary/aromatic N) is 2. The molecule has 3 heterocycles. The molecular formula is C14H18N2O3. The Morgan fingerprint density at radius 1 is 1.37 bits per heavy atom. The van der Waals surface area contributed by atoms with E-state index in [1.807, 2.05) is 19.9 Å². The van der Waals surface area contributed by atoms with Crippen LogP contribution in [0.5, 0.6) is 0 Å². The Balaban J connectivity index is 2.01. The van der Waals surface area contributed by atoms with Crippen LogP contribution in [0.1, 0.15) is 34.5 Å². The van der Waals surface area contributed by atoms with Gasteiger partial charge in [-0.15, -0.1) is 0 Å². The van der Waals surface area contributed by atoms with Gasteiger partial charge in [0.1, 0.15) is 11.4 Å². The zero-order valence-electron chi connectivity index (χ0n) is 11.2. The van der Waals surface area contributed by atoms with Gasteiger partial charge in [-0.25, -0.2) is 9.78 Å². The van der Waals surface area contributed by atoms with Crippen LogP contribution in [0, 0.1) is 13.8 Å². The largest absolute Gasteiger partial charge is 0.478 e. The molecule has 1 N–H and O–H groups in total. The minimum atomic E-state index is -0.904. The third-order valence-corrected chi connectivity index (χ3v) is 3.88. The van der Waals surface area contributed by atoms with Crippen LogP contribution in [0.2, 0.25) is 0 Å². The number of aromatic nitrogens is 1. The van der Waals surface area contributed by atoms with Crippen LogP contribution in [0.4, 0.5) is 5.82 Å². The second-order valence-electron chi connectivity index (χ2n) is 5.45. The summed E-state index contributed by atoms with van der Waals surface area (Å²) in [5, 5.41) is 9.42. The molecule has 0 spiro atoms. The second kappa shape index (κ2) is 4.49. The molecule has 0 aliphatic carbocycles. The molecule has 19 heavy (non-hydrogen) atoms. The molecule has 0 aromatic carbocycles. The van der Waals surface area contributed by atoms with E-state index in [1.165, 1.54) is 0 Å². The Morgan fingerprint density at radius 3 is 2.58 bits per heavy atom. The van der Waals surface area contributed by atoms with Crippen LogP contribution < -0.4 is 4.90 Å². The maximum Gasteiger partial charge on any atom is 0.339 e. The monoisotopic (exact) mass is 262 g/mol. The third-order valence-electron chi connectivity index (χ3n) is 3.88. The van der Waals surface area contributed by atoms with E-state index in [2.05, 4.69) is 9.88 Å². The number of anilines is 1. The minimum absolute atomic E-state index is 0.225. The Morgan fingerprint density at radius 2 is 2.00 bits per heavy atom. The summed E-state index contributed by atoms with van der Waals surface area (Å²) in [5.74, 6) is -0.302. The molecule has 5 heteroatoms. The first kappa shape index (κ1) is 12.4. The highest BCUT2D eigenvalue weighted by molar-refractivity contribution is 5.95. The van der Waals surface area contributed by atoms with Crippen molar-refractivity contribution >= 4 is 11.8 Å². The van der Waals surface area contributed by atoms with Gasteiger partial charge in [-0.05, 0) is 38.3 Å². The van der Waals surface area contributed by atoms with E-state index >= 15 is 0 Å². The van der Waals surface area contributed by atoms with Crippen LogP contribution >= 0.6 is 0 Å². The van der Waals surface area contributed by atoms with Gasteiger partial charge in [-0.1, -0.05) is 0 Å². The van der Waals surface area contributed by atoms with E-state index in [0.29, 0.717) is 11.4 Å². The topological polar surface area (TPSA) is 62.7 Å². The van der Waals surface area contributed by atoms with Gasteiger partial charge in [-0.2, -0.15) is 0 Å². The number of aryl methyl sites for hydroxylation is 2. The number of carboxylic acid groups (broad SMARTS) is 1. The highest BCUT2D eigenvalue weighted by Gasteiger charge is 2.35. The third kappa shape index (κ3) is 2.18. The van der Waals surface area contributed by atoms with Crippen LogP contribution in [0.15, 0.2) is 6.07 Å². The molecule has 2 fully saturated rings. The molecule has 2 unspecified atom stereocenters. The summed E-state index contributed by atoms with van der Waals surface area (Å²) in [6.07, 6.45) is 2.58.